The average Bonchev–Trinajstić information content (AvgIpc) is 2.63. The fourth-order valence-electron chi connectivity index (χ4n) is 2.18. The van der Waals surface area contributed by atoms with Gasteiger partial charge in [-0.25, -0.2) is 14.8 Å². The zero-order valence-corrected chi connectivity index (χ0v) is 16.7. The maximum atomic E-state index is 11.5. The van der Waals surface area contributed by atoms with Crippen LogP contribution in [0.25, 0.3) is 0 Å². The van der Waals surface area contributed by atoms with Gasteiger partial charge < -0.3 is 15.7 Å². The molecule has 1 aromatic carbocycles. The monoisotopic (exact) mass is 388 g/mol. The summed E-state index contributed by atoms with van der Waals surface area (Å²) < 4.78 is 0. The number of thioether (sulfide) groups is 1. The molecule has 8 heteroatoms. The van der Waals surface area contributed by atoms with Gasteiger partial charge in [0.1, 0.15) is 17.3 Å². The smallest absolute Gasteiger partial charge is 0.357 e. The molecule has 0 bridgehead atoms. The van der Waals surface area contributed by atoms with E-state index in [2.05, 4.69) is 48.0 Å². The van der Waals surface area contributed by atoms with Gasteiger partial charge in [0, 0.05) is 5.75 Å². The van der Waals surface area contributed by atoms with Crippen molar-refractivity contribution in [3.05, 3.63) is 53.0 Å². The second-order valence-electron chi connectivity index (χ2n) is 6.84. The van der Waals surface area contributed by atoms with Crippen LogP contribution in [0.4, 0.5) is 0 Å². The Morgan fingerprint density at radius 1 is 1.30 bits per heavy atom. The first-order chi connectivity index (χ1) is 12.7. The van der Waals surface area contributed by atoms with Crippen LogP contribution >= 0.6 is 11.8 Å². The van der Waals surface area contributed by atoms with Gasteiger partial charge in [0.25, 0.3) is 0 Å². The van der Waals surface area contributed by atoms with Gasteiger partial charge in [0.05, 0.1) is 6.20 Å². The molecule has 1 aromatic heterocycles. The van der Waals surface area contributed by atoms with Crippen LogP contribution < -0.4 is 5.73 Å². The third-order valence-electron chi connectivity index (χ3n) is 3.69. The Hall–Kier alpha value is -2.61. The highest BCUT2D eigenvalue weighted by molar-refractivity contribution is 7.98. The maximum absolute atomic E-state index is 11.5. The van der Waals surface area contributed by atoms with Gasteiger partial charge in [-0.1, -0.05) is 62.0 Å². The van der Waals surface area contributed by atoms with Crippen molar-refractivity contribution in [2.45, 2.75) is 43.9 Å². The number of amidine groups is 1. The summed E-state index contributed by atoms with van der Waals surface area (Å²) in [5.74, 6) is -0.596. The second kappa shape index (κ2) is 8.85. The molecule has 0 aliphatic heterocycles. The molecule has 0 atom stereocenters. The fourth-order valence-corrected chi connectivity index (χ4v) is 3.07. The van der Waals surface area contributed by atoms with Gasteiger partial charge in [-0.2, -0.15) is 0 Å². The second-order valence-corrected chi connectivity index (χ2v) is 7.81. The minimum absolute atomic E-state index is 0.0128. The maximum Gasteiger partial charge on any atom is 0.357 e. The molecule has 0 fully saturated rings. The number of carbonyl (C=O) groups is 1. The minimum atomic E-state index is -1.17. The summed E-state index contributed by atoms with van der Waals surface area (Å²) in [6.45, 7) is 8.59. The van der Waals surface area contributed by atoms with Gasteiger partial charge in [0.2, 0.25) is 0 Å². The molecule has 0 unspecified atom stereocenters. The predicted octanol–water partition coefficient (Wildman–Crippen LogP) is 3.42. The van der Waals surface area contributed by atoms with Crippen LogP contribution in [0.1, 0.15) is 55.0 Å². The van der Waals surface area contributed by atoms with E-state index in [4.69, 9.17) is 10.6 Å². The molecular formula is C19H24N4O3S. The van der Waals surface area contributed by atoms with Crippen molar-refractivity contribution >= 4 is 23.6 Å². The van der Waals surface area contributed by atoms with Crippen LogP contribution in [-0.4, -0.2) is 33.5 Å². The van der Waals surface area contributed by atoms with Crippen LogP contribution in [0.15, 0.2) is 40.6 Å². The molecule has 0 aliphatic carbocycles. The van der Waals surface area contributed by atoms with Gasteiger partial charge in [0.15, 0.2) is 11.5 Å². The highest BCUT2D eigenvalue weighted by Gasteiger charge is 2.17. The molecule has 0 saturated carbocycles. The molecule has 0 amide bonds. The number of nitrogens with zero attached hydrogens (tertiary/aromatic N) is 3. The lowest BCUT2D eigenvalue weighted by Crippen LogP contribution is -2.19. The van der Waals surface area contributed by atoms with E-state index in [0.29, 0.717) is 17.4 Å². The number of hydrogen-bond donors (Lipinski definition) is 2. The summed E-state index contributed by atoms with van der Waals surface area (Å²) in [5, 5.41) is 13.4. The van der Waals surface area contributed by atoms with Crippen LogP contribution in [0.2, 0.25) is 0 Å². The van der Waals surface area contributed by atoms with E-state index in [1.54, 1.807) is 6.92 Å². The molecule has 0 saturated heterocycles. The molecular weight excluding hydrogens is 364 g/mol. The van der Waals surface area contributed by atoms with E-state index in [-0.39, 0.29) is 22.6 Å². The lowest BCUT2D eigenvalue weighted by molar-refractivity contribution is 0.0685. The first kappa shape index (κ1) is 20.7. The number of hydrogen-bond acceptors (Lipinski definition) is 6. The summed E-state index contributed by atoms with van der Waals surface area (Å²) >= 11 is 1.31. The molecule has 7 nitrogen and oxygen atoms in total. The number of carboxylic acids is 1. The Morgan fingerprint density at radius 3 is 2.52 bits per heavy atom. The van der Waals surface area contributed by atoms with E-state index >= 15 is 0 Å². The Morgan fingerprint density at radius 2 is 1.96 bits per heavy atom. The molecule has 0 radical (unpaired) electrons. The van der Waals surface area contributed by atoms with E-state index in [0.717, 1.165) is 5.56 Å². The van der Waals surface area contributed by atoms with E-state index in [1.807, 2.05) is 12.1 Å². The molecule has 27 heavy (non-hydrogen) atoms. The number of nitrogens with two attached hydrogens (primary N) is 1. The van der Waals surface area contributed by atoms with Crippen molar-refractivity contribution in [1.29, 1.82) is 0 Å². The number of rotatable bonds is 7. The van der Waals surface area contributed by atoms with Gasteiger partial charge in [-0.05, 0) is 23.5 Å². The van der Waals surface area contributed by atoms with Gasteiger partial charge in [-0.3, -0.25) is 0 Å². The zero-order chi connectivity index (χ0) is 20.0. The fraction of sp³-hybridized carbons (Fsp3) is 0.368. The molecule has 3 N–H and O–H groups in total. The zero-order valence-electron chi connectivity index (χ0n) is 15.9. The van der Waals surface area contributed by atoms with Crippen LogP contribution in [-0.2, 0) is 16.0 Å². The molecule has 0 aliphatic rings. The molecule has 2 aromatic rings. The summed E-state index contributed by atoms with van der Waals surface area (Å²) in [6.07, 6.45) is 1.40. The lowest BCUT2D eigenvalue weighted by Gasteiger charge is -2.19. The number of carboxylic acid groups (broad SMARTS) is 1. The number of aromatic nitrogens is 2. The Bertz CT molecular complexity index is 830. The molecule has 0 spiro atoms. The minimum Gasteiger partial charge on any atom is -0.476 e. The third-order valence-corrected chi connectivity index (χ3v) is 4.74. The van der Waals surface area contributed by atoms with Crippen molar-refractivity contribution in [2.24, 2.45) is 10.9 Å². The molecule has 144 valence electrons. The normalized spacial score (nSPS) is 12.1. The topological polar surface area (TPSA) is 111 Å². The largest absolute Gasteiger partial charge is 0.476 e. The number of aromatic carboxylic acids is 1. The van der Waals surface area contributed by atoms with Crippen molar-refractivity contribution < 1.29 is 14.7 Å². The summed E-state index contributed by atoms with van der Waals surface area (Å²) in [4.78, 5) is 24.7. The lowest BCUT2D eigenvalue weighted by atomic mass is 9.87. The van der Waals surface area contributed by atoms with Crippen molar-refractivity contribution in [1.82, 2.24) is 9.97 Å². The standard InChI is InChI=1S/C19H24N4O3S/c1-5-26-23-16(20)14-10-21-17(15(22-14)18(24)25)27-11-12-6-8-13(9-7-12)19(2,3)4/h6-10H,5,11H2,1-4H3,(H2,20,23)(H,24,25). The van der Waals surface area contributed by atoms with Gasteiger partial charge in [-0.15, -0.1) is 0 Å². The van der Waals surface area contributed by atoms with Gasteiger partial charge >= 0.3 is 5.97 Å². The summed E-state index contributed by atoms with van der Waals surface area (Å²) in [7, 11) is 0. The van der Waals surface area contributed by atoms with E-state index in [1.165, 1.54) is 23.5 Å². The summed E-state index contributed by atoms with van der Waals surface area (Å²) in [6, 6.07) is 8.27. The van der Waals surface area contributed by atoms with Crippen molar-refractivity contribution in [3.8, 4) is 0 Å². The third kappa shape index (κ3) is 5.68. The number of benzene rings is 1. The highest BCUT2D eigenvalue weighted by atomic mass is 32.2. The summed E-state index contributed by atoms with van der Waals surface area (Å²) in [5.41, 5.74) is 8.16. The molecule has 2 rings (SSSR count). The predicted molar refractivity (Wildman–Crippen MR) is 106 cm³/mol. The first-order valence-corrected chi connectivity index (χ1v) is 9.49. The van der Waals surface area contributed by atoms with Crippen LogP contribution in [0.5, 0.6) is 0 Å². The molecule has 1 heterocycles. The first-order valence-electron chi connectivity index (χ1n) is 8.50. The van der Waals surface area contributed by atoms with Crippen LogP contribution in [0.3, 0.4) is 0 Å². The van der Waals surface area contributed by atoms with Crippen molar-refractivity contribution in [2.75, 3.05) is 6.61 Å². The van der Waals surface area contributed by atoms with E-state index in [9.17, 15) is 9.90 Å². The Labute approximate surface area is 163 Å². The van der Waals surface area contributed by atoms with Crippen LogP contribution in [0, 0.1) is 0 Å². The Kier molecular flexibility index (Phi) is 6.79. The van der Waals surface area contributed by atoms with Crippen molar-refractivity contribution in [3.63, 3.8) is 0 Å². The van der Waals surface area contributed by atoms with E-state index < -0.39 is 5.97 Å². The SMILES string of the molecule is CCON=C(N)c1cnc(SCc2ccc(C(C)(C)C)cc2)c(C(=O)O)n1. The Balaban J connectivity index is 2.17. The average molecular weight is 388 g/mol. The highest BCUT2D eigenvalue weighted by Crippen LogP contribution is 2.26. The number of oxime groups is 1. The quantitative estimate of drug-likeness (QED) is 0.323.